The molecule has 2 aromatic carbocycles. The first-order valence-electron chi connectivity index (χ1n) is 6.77. The Morgan fingerprint density at radius 1 is 1.14 bits per heavy atom. The van der Waals surface area contributed by atoms with Crippen LogP contribution in [0.1, 0.15) is 33.2 Å². The summed E-state index contributed by atoms with van der Waals surface area (Å²) in [6.07, 6.45) is 0.836. The third-order valence-corrected chi connectivity index (χ3v) is 4.27. The number of methoxy groups -OCH3 is 1. The number of carboxylic acid groups (broad SMARTS) is 1. The van der Waals surface area contributed by atoms with Gasteiger partial charge in [0, 0.05) is 9.79 Å². The number of ether oxygens (including phenoxy) is 1. The van der Waals surface area contributed by atoms with Gasteiger partial charge in [-0.05, 0) is 48.4 Å². The molecule has 2 aromatic rings. The van der Waals surface area contributed by atoms with E-state index in [0.717, 1.165) is 21.8 Å². The zero-order valence-corrected chi connectivity index (χ0v) is 13.1. The van der Waals surface area contributed by atoms with Gasteiger partial charge in [-0.25, -0.2) is 9.59 Å². The number of hydrogen-bond acceptors (Lipinski definition) is 4. The average Bonchev–Trinajstić information content (AvgIpc) is 2.55. The molecule has 0 atom stereocenters. The van der Waals surface area contributed by atoms with Crippen molar-refractivity contribution in [2.45, 2.75) is 23.1 Å². The summed E-state index contributed by atoms with van der Waals surface area (Å²) < 4.78 is 4.83. The van der Waals surface area contributed by atoms with Crippen molar-refractivity contribution in [3.63, 3.8) is 0 Å². The van der Waals surface area contributed by atoms with E-state index < -0.39 is 5.97 Å². The molecule has 1 N–H and O–H groups in total. The molecule has 0 aliphatic heterocycles. The van der Waals surface area contributed by atoms with E-state index in [2.05, 4.69) is 0 Å². The molecule has 0 heterocycles. The van der Waals surface area contributed by atoms with Crippen molar-refractivity contribution >= 4 is 23.7 Å². The van der Waals surface area contributed by atoms with Crippen molar-refractivity contribution in [3.05, 3.63) is 59.2 Å². The molecule has 0 aliphatic rings. The maximum absolute atomic E-state index is 11.9. The molecule has 0 saturated heterocycles. The summed E-state index contributed by atoms with van der Waals surface area (Å²) >= 11 is 1.40. The lowest BCUT2D eigenvalue weighted by Gasteiger charge is -2.09. The van der Waals surface area contributed by atoms with Gasteiger partial charge >= 0.3 is 11.9 Å². The molecular weight excluding hydrogens is 300 g/mol. The highest BCUT2D eigenvalue weighted by atomic mass is 32.2. The second-order valence-corrected chi connectivity index (χ2v) is 5.72. The maximum Gasteiger partial charge on any atom is 0.339 e. The fraction of sp³-hybridized carbons (Fsp3) is 0.176. The first-order chi connectivity index (χ1) is 10.5. The normalized spacial score (nSPS) is 10.3. The minimum Gasteiger partial charge on any atom is -0.478 e. The average molecular weight is 316 g/mol. The zero-order valence-electron chi connectivity index (χ0n) is 12.3. The molecule has 0 amide bonds. The van der Waals surface area contributed by atoms with Crippen LogP contribution in [0.15, 0.2) is 52.3 Å². The molecule has 5 heteroatoms. The smallest absolute Gasteiger partial charge is 0.339 e. The van der Waals surface area contributed by atoms with E-state index in [1.54, 1.807) is 24.3 Å². The standard InChI is InChI=1S/C17H16O4S/c1-3-11-4-9-15(14(10-11)17(20)21-2)22-13-7-5-12(6-8-13)16(18)19/h4-10H,3H2,1-2H3,(H,18,19). The van der Waals surface area contributed by atoms with Gasteiger partial charge in [0.05, 0.1) is 18.2 Å². The van der Waals surface area contributed by atoms with Gasteiger partial charge in [0.1, 0.15) is 0 Å². The second kappa shape index (κ2) is 7.13. The number of carbonyl (C=O) groups is 2. The highest BCUT2D eigenvalue weighted by Crippen LogP contribution is 2.31. The molecular formula is C17H16O4S. The summed E-state index contributed by atoms with van der Waals surface area (Å²) in [5, 5.41) is 8.90. The van der Waals surface area contributed by atoms with E-state index in [1.165, 1.54) is 18.9 Å². The first kappa shape index (κ1) is 16.1. The minimum absolute atomic E-state index is 0.235. The maximum atomic E-state index is 11.9. The van der Waals surface area contributed by atoms with Crippen molar-refractivity contribution in [3.8, 4) is 0 Å². The Hall–Kier alpha value is -2.27. The number of aryl methyl sites for hydroxylation is 1. The Morgan fingerprint density at radius 2 is 1.82 bits per heavy atom. The number of carbonyl (C=O) groups excluding carboxylic acids is 1. The SMILES string of the molecule is CCc1ccc(Sc2ccc(C(=O)O)cc2)c(C(=O)OC)c1. The number of carboxylic acids is 1. The molecule has 0 unspecified atom stereocenters. The van der Waals surface area contributed by atoms with Gasteiger partial charge in [-0.15, -0.1) is 0 Å². The van der Waals surface area contributed by atoms with E-state index in [9.17, 15) is 9.59 Å². The fourth-order valence-corrected chi connectivity index (χ4v) is 2.86. The quantitative estimate of drug-likeness (QED) is 0.848. The molecule has 0 saturated carbocycles. The highest BCUT2D eigenvalue weighted by molar-refractivity contribution is 7.99. The Morgan fingerprint density at radius 3 is 2.36 bits per heavy atom. The molecule has 0 fully saturated rings. The minimum atomic E-state index is -0.959. The van der Waals surface area contributed by atoms with Gasteiger partial charge < -0.3 is 9.84 Å². The lowest BCUT2D eigenvalue weighted by atomic mass is 10.1. The Labute approximate surface area is 133 Å². The summed E-state index contributed by atoms with van der Waals surface area (Å²) in [5.74, 6) is -1.33. The van der Waals surface area contributed by atoms with E-state index in [1.807, 2.05) is 25.1 Å². The Balaban J connectivity index is 2.32. The van der Waals surface area contributed by atoms with E-state index >= 15 is 0 Å². The van der Waals surface area contributed by atoms with Crippen LogP contribution in [0.25, 0.3) is 0 Å². The van der Waals surface area contributed by atoms with Crippen LogP contribution in [0, 0.1) is 0 Å². The third kappa shape index (κ3) is 3.68. The highest BCUT2D eigenvalue weighted by Gasteiger charge is 2.14. The van der Waals surface area contributed by atoms with Crippen molar-refractivity contribution in [2.75, 3.05) is 7.11 Å². The van der Waals surface area contributed by atoms with Crippen LogP contribution >= 0.6 is 11.8 Å². The van der Waals surface area contributed by atoms with Crippen LogP contribution in [-0.2, 0) is 11.2 Å². The third-order valence-electron chi connectivity index (χ3n) is 3.19. The molecule has 2 rings (SSSR count). The molecule has 0 radical (unpaired) electrons. The predicted molar refractivity (Wildman–Crippen MR) is 84.7 cm³/mol. The Bertz CT molecular complexity index is 692. The van der Waals surface area contributed by atoms with Gasteiger partial charge in [-0.1, -0.05) is 24.8 Å². The lowest BCUT2D eigenvalue weighted by molar-refractivity contribution is 0.0595. The zero-order chi connectivity index (χ0) is 16.1. The molecule has 22 heavy (non-hydrogen) atoms. The van der Waals surface area contributed by atoms with Crippen LogP contribution in [0.4, 0.5) is 0 Å². The lowest BCUT2D eigenvalue weighted by Crippen LogP contribution is -2.04. The van der Waals surface area contributed by atoms with E-state index in [4.69, 9.17) is 9.84 Å². The van der Waals surface area contributed by atoms with Crippen LogP contribution in [0.5, 0.6) is 0 Å². The topological polar surface area (TPSA) is 63.6 Å². The number of benzene rings is 2. The van der Waals surface area contributed by atoms with E-state index in [0.29, 0.717) is 5.56 Å². The molecule has 0 spiro atoms. The van der Waals surface area contributed by atoms with Crippen molar-refractivity contribution < 1.29 is 19.4 Å². The van der Waals surface area contributed by atoms with Gasteiger partial charge in [-0.3, -0.25) is 0 Å². The molecule has 114 valence electrons. The van der Waals surface area contributed by atoms with Gasteiger partial charge in [0.2, 0.25) is 0 Å². The van der Waals surface area contributed by atoms with Gasteiger partial charge in [0.15, 0.2) is 0 Å². The second-order valence-electron chi connectivity index (χ2n) is 4.61. The molecule has 0 aliphatic carbocycles. The monoisotopic (exact) mass is 316 g/mol. The number of aromatic carboxylic acids is 1. The number of esters is 1. The summed E-state index contributed by atoms with van der Waals surface area (Å²) in [5.41, 5.74) is 1.82. The summed E-state index contributed by atoms with van der Waals surface area (Å²) in [6.45, 7) is 2.02. The molecule has 4 nitrogen and oxygen atoms in total. The predicted octanol–water partition coefficient (Wildman–Crippen LogP) is 3.89. The van der Waals surface area contributed by atoms with Gasteiger partial charge in [-0.2, -0.15) is 0 Å². The fourth-order valence-electron chi connectivity index (χ4n) is 1.95. The number of hydrogen-bond donors (Lipinski definition) is 1. The van der Waals surface area contributed by atoms with Gasteiger partial charge in [0.25, 0.3) is 0 Å². The molecule has 0 bridgehead atoms. The van der Waals surface area contributed by atoms with Crippen LogP contribution in [0.2, 0.25) is 0 Å². The van der Waals surface area contributed by atoms with Crippen LogP contribution < -0.4 is 0 Å². The van der Waals surface area contributed by atoms with E-state index in [-0.39, 0.29) is 11.5 Å². The summed E-state index contributed by atoms with van der Waals surface area (Å²) in [6, 6.07) is 12.2. The van der Waals surface area contributed by atoms with Crippen molar-refractivity contribution in [2.24, 2.45) is 0 Å². The summed E-state index contributed by atoms with van der Waals surface area (Å²) in [7, 11) is 1.36. The number of rotatable bonds is 5. The van der Waals surface area contributed by atoms with Crippen molar-refractivity contribution in [1.29, 1.82) is 0 Å². The Kier molecular flexibility index (Phi) is 5.22. The first-order valence-corrected chi connectivity index (χ1v) is 7.59. The summed E-state index contributed by atoms with van der Waals surface area (Å²) in [4.78, 5) is 24.4. The largest absolute Gasteiger partial charge is 0.478 e. The van der Waals surface area contributed by atoms with Crippen LogP contribution in [-0.4, -0.2) is 24.2 Å². The van der Waals surface area contributed by atoms with Crippen molar-refractivity contribution in [1.82, 2.24) is 0 Å². The van der Waals surface area contributed by atoms with Crippen LogP contribution in [0.3, 0.4) is 0 Å². The molecule has 0 aromatic heterocycles.